The van der Waals surface area contributed by atoms with Gasteiger partial charge in [-0.1, -0.05) is 6.07 Å². The van der Waals surface area contributed by atoms with Gasteiger partial charge in [-0.25, -0.2) is 4.98 Å². The van der Waals surface area contributed by atoms with E-state index in [9.17, 15) is 0 Å². The average molecular weight is 217 g/mol. The minimum Gasteiger partial charge on any atom is -0.478 e. The van der Waals surface area contributed by atoms with Crippen LogP contribution in [0.25, 0.3) is 10.9 Å². The molecule has 1 aromatic heterocycles. The fraction of sp³-hybridized carbons (Fsp3) is 0.308. The van der Waals surface area contributed by atoms with Gasteiger partial charge < -0.3 is 9.84 Å². The molecule has 2 aromatic rings. The first-order valence-corrected chi connectivity index (χ1v) is 5.38. The number of fused-ring (bicyclic) bond motifs is 1. The Morgan fingerprint density at radius 1 is 1.31 bits per heavy atom. The third-order valence-corrected chi connectivity index (χ3v) is 2.49. The monoisotopic (exact) mass is 217 g/mol. The Balaban J connectivity index is 2.56. The van der Waals surface area contributed by atoms with Crippen molar-refractivity contribution in [3.8, 4) is 5.88 Å². The lowest BCUT2D eigenvalue weighted by atomic mass is 10.1. The van der Waals surface area contributed by atoms with Crippen molar-refractivity contribution in [1.29, 1.82) is 0 Å². The first-order chi connectivity index (χ1) is 7.74. The third kappa shape index (κ3) is 1.99. The van der Waals surface area contributed by atoms with E-state index in [1.807, 2.05) is 38.1 Å². The fourth-order valence-corrected chi connectivity index (χ4v) is 1.79. The van der Waals surface area contributed by atoms with Crippen LogP contribution in [0.3, 0.4) is 0 Å². The van der Waals surface area contributed by atoms with E-state index in [-0.39, 0.29) is 6.61 Å². The first kappa shape index (κ1) is 10.9. The van der Waals surface area contributed by atoms with Gasteiger partial charge in [0.05, 0.1) is 18.7 Å². The van der Waals surface area contributed by atoms with Gasteiger partial charge >= 0.3 is 0 Å². The highest BCUT2D eigenvalue weighted by Gasteiger charge is 2.03. The van der Waals surface area contributed by atoms with Gasteiger partial charge in [-0.2, -0.15) is 0 Å². The van der Waals surface area contributed by atoms with Crippen LogP contribution in [-0.4, -0.2) is 16.7 Å². The predicted octanol–water partition coefficient (Wildman–Crippen LogP) is 2.43. The quantitative estimate of drug-likeness (QED) is 0.858. The Labute approximate surface area is 94.7 Å². The summed E-state index contributed by atoms with van der Waals surface area (Å²) in [6.45, 7) is 4.61. The molecule has 0 bridgehead atoms. The van der Waals surface area contributed by atoms with Gasteiger partial charge in [-0.3, -0.25) is 0 Å². The first-order valence-electron chi connectivity index (χ1n) is 5.38. The summed E-state index contributed by atoms with van der Waals surface area (Å²) in [5.74, 6) is 0.648. The number of aryl methyl sites for hydroxylation is 1. The van der Waals surface area contributed by atoms with E-state index in [0.29, 0.717) is 12.5 Å². The molecule has 0 fully saturated rings. The van der Waals surface area contributed by atoms with Crippen molar-refractivity contribution in [2.45, 2.75) is 20.5 Å². The molecule has 0 unspecified atom stereocenters. The van der Waals surface area contributed by atoms with Crippen LogP contribution in [0, 0.1) is 6.92 Å². The molecule has 0 atom stereocenters. The number of hydrogen-bond donors (Lipinski definition) is 1. The average Bonchev–Trinajstić information content (AvgIpc) is 2.30. The Morgan fingerprint density at radius 3 is 2.81 bits per heavy atom. The Hall–Kier alpha value is -1.61. The van der Waals surface area contributed by atoms with Gasteiger partial charge in [0.15, 0.2) is 0 Å². The second kappa shape index (κ2) is 4.49. The van der Waals surface area contributed by atoms with Crippen LogP contribution in [-0.2, 0) is 6.61 Å². The molecule has 1 heterocycles. The molecular formula is C13H15NO2. The Kier molecular flexibility index (Phi) is 3.06. The zero-order chi connectivity index (χ0) is 11.5. The molecule has 0 spiro atoms. The normalized spacial score (nSPS) is 10.7. The van der Waals surface area contributed by atoms with Crippen LogP contribution in [0.15, 0.2) is 24.3 Å². The molecule has 0 saturated carbocycles. The molecule has 2 rings (SSSR count). The molecule has 0 radical (unpaired) electrons. The summed E-state index contributed by atoms with van der Waals surface area (Å²) in [7, 11) is 0. The summed E-state index contributed by atoms with van der Waals surface area (Å²) in [6.07, 6.45) is 0. The van der Waals surface area contributed by atoms with E-state index >= 15 is 0 Å². The maximum atomic E-state index is 9.12. The van der Waals surface area contributed by atoms with E-state index in [4.69, 9.17) is 9.84 Å². The minimum absolute atomic E-state index is 0.0595. The Bertz CT molecular complexity index is 509. The number of ether oxygens (including phenoxy) is 1. The van der Waals surface area contributed by atoms with E-state index in [0.717, 1.165) is 22.0 Å². The summed E-state index contributed by atoms with van der Waals surface area (Å²) < 4.78 is 5.37. The van der Waals surface area contributed by atoms with Gasteiger partial charge in [0.2, 0.25) is 5.88 Å². The smallest absolute Gasteiger partial charge is 0.213 e. The number of rotatable bonds is 3. The zero-order valence-corrected chi connectivity index (χ0v) is 9.53. The van der Waals surface area contributed by atoms with Crippen molar-refractivity contribution in [1.82, 2.24) is 4.98 Å². The third-order valence-electron chi connectivity index (χ3n) is 2.49. The van der Waals surface area contributed by atoms with Gasteiger partial charge in [0, 0.05) is 11.5 Å². The molecule has 3 nitrogen and oxygen atoms in total. The van der Waals surface area contributed by atoms with Crippen LogP contribution in [0.1, 0.15) is 18.1 Å². The van der Waals surface area contributed by atoms with Crippen LogP contribution in [0.2, 0.25) is 0 Å². The van der Waals surface area contributed by atoms with Crippen molar-refractivity contribution < 1.29 is 9.84 Å². The number of aromatic nitrogens is 1. The number of aliphatic hydroxyl groups excluding tert-OH is 1. The molecule has 16 heavy (non-hydrogen) atoms. The number of aliphatic hydroxyl groups is 1. The largest absolute Gasteiger partial charge is 0.478 e. The highest BCUT2D eigenvalue weighted by molar-refractivity contribution is 5.83. The van der Waals surface area contributed by atoms with Crippen molar-refractivity contribution in [3.05, 3.63) is 35.4 Å². The lowest BCUT2D eigenvalue weighted by Crippen LogP contribution is -1.96. The lowest BCUT2D eigenvalue weighted by Gasteiger charge is -2.07. The van der Waals surface area contributed by atoms with Gasteiger partial charge in [0.1, 0.15) is 0 Å². The molecule has 84 valence electrons. The van der Waals surface area contributed by atoms with Crippen LogP contribution >= 0.6 is 0 Å². The second-order valence-electron chi connectivity index (χ2n) is 3.73. The molecule has 0 amide bonds. The Morgan fingerprint density at radius 2 is 2.12 bits per heavy atom. The topological polar surface area (TPSA) is 42.4 Å². The van der Waals surface area contributed by atoms with Gasteiger partial charge in [-0.15, -0.1) is 0 Å². The number of benzene rings is 1. The number of nitrogens with zero attached hydrogens (tertiary/aromatic N) is 1. The summed E-state index contributed by atoms with van der Waals surface area (Å²) in [5, 5.41) is 10.1. The lowest BCUT2D eigenvalue weighted by molar-refractivity contribution is 0.282. The predicted molar refractivity (Wildman–Crippen MR) is 63.6 cm³/mol. The summed E-state index contributed by atoms with van der Waals surface area (Å²) in [6, 6.07) is 7.72. The number of pyridine rings is 1. The summed E-state index contributed by atoms with van der Waals surface area (Å²) in [4.78, 5) is 4.44. The minimum atomic E-state index is 0.0595. The van der Waals surface area contributed by atoms with E-state index < -0.39 is 0 Å². The second-order valence-corrected chi connectivity index (χ2v) is 3.73. The maximum Gasteiger partial charge on any atom is 0.213 e. The van der Waals surface area contributed by atoms with E-state index in [2.05, 4.69) is 4.98 Å². The molecule has 0 saturated heterocycles. The zero-order valence-electron chi connectivity index (χ0n) is 9.53. The van der Waals surface area contributed by atoms with Crippen molar-refractivity contribution in [2.75, 3.05) is 6.61 Å². The molecule has 1 N–H and O–H groups in total. The molecule has 0 aliphatic rings. The van der Waals surface area contributed by atoms with E-state index in [1.165, 1.54) is 0 Å². The molecule has 0 aliphatic carbocycles. The van der Waals surface area contributed by atoms with Crippen LogP contribution in [0.4, 0.5) is 0 Å². The number of hydrogen-bond acceptors (Lipinski definition) is 3. The molecule has 1 aromatic carbocycles. The van der Waals surface area contributed by atoms with E-state index in [1.54, 1.807) is 0 Å². The molecular weight excluding hydrogens is 202 g/mol. The highest BCUT2D eigenvalue weighted by Crippen LogP contribution is 2.22. The van der Waals surface area contributed by atoms with Gasteiger partial charge in [0.25, 0.3) is 0 Å². The maximum absolute atomic E-state index is 9.12. The van der Waals surface area contributed by atoms with Crippen molar-refractivity contribution in [3.63, 3.8) is 0 Å². The standard InChI is InChI=1S/C13H15NO2/c1-3-16-12-5-4-11-7-10(8-15)6-9(2)13(11)14-12/h4-7,15H,3,8H2,1-2H3. The SMILES string of the molecule is CCOc1ccc2cc(CO)cc(C)c2n1. The summed E-state index contributed by atoms with van der Waals surface area (Å²) in [5.41, 5.74) is 2.90. The molecule has 3 heteroatoms. The van der Waals surface area contributed by atoms with Crippen LogP contribution < -0.4 is 4.74 Å². The van der Waals surface area contributed by atoms with Crippen molar-refractivity contribution in [2.24, 2.45) is 0 Å². The van der Waals surface area contributed by atoms with Gasteiger partial charge in [-0.05, 0) is 37.1 Å². The molecule has 0 aliphatic heterocycles. The van der Waals surface area contributed by atoms with Crippen molar-refractivity contribution >= 4 is 10.9 Å². The highest BCUT2D eigenvalue weighted by atomic mass is 16.5. The van der Waals surface area contributed by atoms with Crippen LogP contribution in [0.5, 0.6) is 5.88 Å². The fourth-order valence-electron chi connectivity index (χ4n) is 1.79. The summed E-state index contributed by atoms with van der Waals surface area (Å²) >= 11 is 0.